The van der Waals surface area contributed by atoms with E-state index in [1.54, 1.807) is 23.0 Å². The molecule has 76 valence electrons. The summed E-state index contributed by atoms with van der Waals surface area (Å²) >= 11 is 8.10. The van der Waals surface area contributed by atoms with Gasteiger partial charge in [0.1, 0.15) is 5.69 Å². The highest BCUT2D eigenvalue weighted by Gasteiger charge is 2.11. The number of nitrogens with zero attached hydrogens (tertiary/aromatic N) is 1. The Morgan fingerprint density at radius 3 is 2.40 bits per heavy atom. The number of rotatable bonds is 2. The lowest BCUT2D eigenvalue weighted by Crippen LogP contribution is -2.01. The minimum absolute atomic E-state index is 0.0572. The lowest BCUT2D eigenvalue weighted by atomic mass is 10.1. The Balaban J connectivity index is 2.42. The van der Waals surface area contributed by atoms with E-state index in [2.05, 4.69) is 36.8 Å². The maximum absolute atomic E-state index is 11.9. The fourth-order valence-electron chi connectivity index (χ4n) is 1.16. The van der Waals surface area contributed by atoms with Crippen molar-refractivity contribution < 1.29 is 4.79 Å². The largest absolute Gasteiger partial charge is 0.287 e. The molecule has 0 bridgehead atoms. The summed E-state index contributed by atoms with van der Waals surface area (Å²) in [6.07, 6.45) is 0. The molecule has 0 amide bonds. The van der Waals surface area contributed by atoms with Crippen LogP contribution in [0.25, 0.3) is 0 Å². The number of hydrogen-bond donors (Lipinski definition) is 0. The highest BCUT2D eigenvalue weighted by Crippen LogP contribution is 2.22. The Bertz CT molecular complexity index is 476. The van der Waals surface area contributed by atoms with Crippen LogP contribution in [0.2, 0.25) is 0 Å². The summed E-state index contributed by atoms with van der Waals surface area (Å²) in [5.74, 6) is -0.0572. The molecule has 0 fully saturated rings. The lowest BCUT2D eigenvalue weighted by molar-refractivity contribution is 0.103. The summed E-state index contributed by atoms with van der Waals surface area (Å²) in [4.78, 5) is 15.9. The summed E-state index contributed by atoms with van der Waals surface area (Å²) in [7, 11) is 0. The zero-order chi connectivity index (χ0) is 10.8. The van der Waals surface area contributed by atoms with Crippen molar-refractivity contribution in [2.75, 3.05) is 0 Å². The Labute approximate surface area is 108 Å². The molecule has 5 heteroatoms. The number of benzene rings is 1. The van der Waals surface area contributed by atoms with Gasteiger partial charge in [0.2, 0.25) is 5.78 Å². The monoisotopic (exact) mass is 345 g/mol. The first-order valence-electron chi connectivity index (χ1n) is 4.06. The van der Waals surface area contributed by atoms with Crippen LogP contribution >= 0.6 is 43.2 Å². The molecule has 0 atom stereocenters. The highest BCUT2D eigenvalue weighted by atomic mass is 79.9. The summed E-state index contributed by atoms with van der Waals surface area (Å²) in [6.45, 7) is 0. The van der Waals surface area contributed by atoms with Gasteiger partial charge in [0.15, 0.2) is 0 Å². The van der Waals surface area contributed by atoms with Gasteiger partial charge in [-0.3, -0.25) is 4.79 Å². The minimum Gasteiger partial charge on any atom is -0.287 e. The Morgan fingerprint density at radius 2 is 1.87 bits per heavy atom. The molecule has 0 aliphatic rings. The van der Waals surface area contributed by atoms with Gasteiger partial charge in [-0.1, -0.05) is 31.9 Å². The van der Waals surface area contributed by atoms with Crippen molar-refractivity contribution in [3.8, 4) is 0 Å². The van der Waals surface area contributed by atoms with Gasteiger partial charge in [0, 0.05) is 19.9 Å². The van der Waals surface area contributed by atoms with Crippen molar-refractivity contribution in [1.29, 1.82) is 0 Å². The van der Waals surface area contributed by atoms with Gasteiger partial charge in [-0.05, 0) is 18.2 Å². The average Bonchev–Trinajstić information content (AvgIpc) is 2.67. The second kappa shape index (κ2) is 4.55. The van der Waals surface area contributed by atoms with Crippen molar-refractivity contribution in [1.82, 2.24) is 4.98 Å². The number of aromatic nitrogens is 1. The summed E-state index contributed by atoms with van der Waals surface area (Å²) in [5.41, 5.74) is 2.77. The van der Waals surface area contributed by atoms with E-state index < -0.39 is 0 Å². The van der Waals surface area contributed by atoms with Crippen LogP contribution in [-0.4, -0.2) is 10.8 Å². The van der Waals surface area contributed by atoms with Gasteiger partial charge >= 0.3 is 0 Å². The van der Waals surface area contributed by atoms with E-state index in [4.69, 9.17) is 0 Å². The van der Waals surface area contributed by atoms with Gasteiger partial charge in [-0.25, -0.2) is 4.98 Å². The Hall–Kier alpha value is -0.520. The molecule has 0 N–H and O–H groups in total. The third-order valence-corrected chi connectivity index (χ3v) is 3.29. The predicted molar refractivity (Wildman–Crippen MR) is 67.4 cm³/mol. The molecule has 0 aliphatic heterocycles. The van der Waals surface area contributed by atoms with Crippen molar-refractivity contribution in [2.24, 2.45) is 0 Å². The van der Waals surface area contributed by atoms with E-state index in [0.717, 1.165) is 8.95 Å². The molecule has 15 heavy (non-hydrogen) atoms. The van der Waals surface area contributed by atoms with Crippen LogP contribution in [0.1, 0.15) is 16.1 Å². The molecule has 1 heterocycles. The first kappa shape index (κ1) is 11.0. The molecule has 2 rings (SSSR count). The second-order valence-corrected chi connectivity index (χ2v) is 5.41. The average molecular weight is 347 g/mol. The van der Waals surface area contributed by atoms with E-state index in [1.165, 1.54) is 11.3 Å². The number of carbonyl (C=O) groups excluding carboxylic acids is 1. The van der Waals surface area contributed by atoms with Crippen LogP contribution in [0.3, 0.4) is 0 Å². The first-order valence-corrected chi connectivity index (χ1v) is 6.58. The number of carbonyl (C=O) groups is 1. The predicted octanol–water partition coefficient (Wildman–Crippen LogP) is 3.90. The highest BCUT2D eigenvalue weighted by molar-refractivity contribution is 9.11. The fourth-order valence-corrected chi connectivity index (χ4v) is 2.98. The van der Waals surface area contributed by atoms with Crippen molar-refractivity contribution >= 4 is 49.0 Å². The molecular weight excluding hydrogens is 342 g/mol. The summed E-state index contributed by atoms with van der Waals surface area (Å²) < 4.78 is 1.74. The van der Waals surface area contributed by atoms with Crippen molar-refractivity contribution in [2.45, 2.75) is 0 Å². The third-order valence-electron chi connectivity index (χ3n) is 1.79. The quantitative estimate of drug-likeness (QED) is 0.772. The maximum atomic E-state index is 11.9. The second-order valence-electron chi connectivity index (χ2n) is 2.86. The van der Waals surface area contributed by atoms with Crippen LogP contribution in [0.15, 0.2) is 38.0 Å². The molecule has 1 aromatic carbocycles. The zero-order valence-corrected chi connectivity index (χ0v) is 11.4. The SMILES string of the molecule is O=C(c1cc(Br)cc(Br)c1)c1cscn1. The zero-order valence-electron chi connectivity index (χ0n) is 7.41. The molecule has 0 aliphatic carbocycles. The Morgan fingerprint density at radius 1 is 1.20 bits per heavy atom. The van der Waals surface area contributed by atoms with Crippen LogP contribution in [0.4, 0.5) is 0 Å². The number of ketones is 1. The van der Waals surface area contributed by atoms with E-state index >= 15 is 0 Å². The first-order chi connectivity index (χ1) is 7.16. The molecule has 0 saturated carbocycles. The lowest BCUT2D eigenvalue weighted by Gasteiger charge is -2.00. The maximum Gasteiger partial charge on any atom is 0.212 e. The van der Waals surface area contributed by atoms with E-state index in [-0.39, 0.29) is 5.78 Å². The molecule has 1 aromatic heterocycles. The van der Waals surface area contributed by atoms with E-state index in [9.17, 15) is 4.79 Å². The van der Waals surface area contributed by atoms with Crippen molar-refractivity contribution in [3.63, 3.8) is 0 Å². The fraction of sp³-hybridized carbons (Fsp3) is 0. The van der Waals surface area contributed by atoms with E-state index in [0.29, 0.717) is 11.3 Å². The standard InChI is InChI=1S/C10H5Br2NOS/c11-7-1-6(2-8(12)3-7)10(14)9-4-15-5-13-9/h1-5H. The Kier molecular flexibility index (Phi) is 3.33. The van der Waals surface area contributed by atoms with Crippen molar-refractivity contribution in [3.05, 3.63) is 49.3 Å². The molecule has 0 saturated heterocycles. The topological polar surface area (TPSA) is 30.0 Å². The smallest absolute Gasteiger partial charge is 0.212 e. The number of thiazole rings is 1. The molecule has 2 nitrogen and oxygen atoms in total. The third kappa shape index (κ3) is 2.53. The van der Waals surface area contributed by atoms with Gasteiger partial charge in [0.25, 0.3) is 0 Å². The minimum atomic E-state index is -0.0572. The molecule has 0 radical (unpaired) electrons. The van der Waals surface area contributed by atoms with Crippen LogP contribution in [0.5, 0.6) is 0 Å². The van der Waals surface area contributed by atoms with Gasteiger partial charge < -0.3 is 0 Å². The number of halogens is 2. The van der Waals surface area contributed by atoms with Crippen LogP contribution in [0, 0.1) is 0 Å². The van der Waals surface area contributed by atoms with E-state index in [1.807, 2.05) is 6.07 Å². The van der Waals surface area contributed by atoms with Gasteiger partial charge in [-0.15, -0.1) is 11.3 Å². The molecule has 0 spiro atoms. The summed E-state index contributed by atoms with van der Waals surface area (Å²) in [5, 5.41) is 1.75. The summed E-state index contributed by atoms with van der Waals surface area (Å²) in [6, 6.07) is 5.46. The molecular formula is C10H5Br2NOS. The van der Waals surface area contributed by atoms with Gasteiger partial charge in [0.05, 0.1) is 5.51 Å². The van der Waals surface area contributed by atoms with Gasteiger partial charge in [-0.2, -0.15) is 0 Å². The molecule has 0 unspecified atom stereocenters. The normalized spacial score (nSPS) is 10.3. The molecule has 2 aromatic rings. The van der Waals surface area contributed by atoms with Crippen LogP contribution in [-0.2, 0) is 0 Å². The number of hydrogen-bond acceptors (Lipinski definition) is 3. The van der Waals surface area contributed by atoms with Crippen LogP contribution < -0.4 is 0 Å².